The van der Waals surface area contributed by atoms with E-state index in [-0.39, 0.29) is 29.7 Å². The first-order valence-electron chi connectivity index (χ1n) is 10.1. The summed E-state index contributed by atoms with van der Waals surface area (Å²) in [4.78, 5) is 24.9. The van der Waals surface area contributed by atoms with Gasteiger partial charge in [-0.3, -0.25) is 9.59 Å². The van der Waals surface area contributed by atoms with Gasteiger partial charge in [0.05, 0.1) is 12.8 Å². The number of nitrogens with one attached hydrogen (secondary N) is 2. The Kier molecular flexibility index (Phi) is 6.72. The van der Waals surface area contributed by atoms with Crippen molar-refractivity contribution < 1.29 is 14.3 Å². The largest absolute Gasteiger partial charge is 0.495 e. The van der Waals surface area contributed by atoms with Gasteiger partial charge in [-0.1, -0.05) is 25.7 Å². The number of ether oxygens (including phenoxy) is 1. The van der Waals surface area contributed by atoms with Crippen LogP contribution in [0.25, 0.3) is 0 Å². The Morgan fingerprint density at radius 1 is 1.07 bits per heavy atom. The smallest absolute Gasteiger partial charge is 0.227 e. The van der Waals surface area contributed by atoms with Crippen LogP contribution < -0.4 is 21.1 Å². The first kappa shape index (κ1) is 19.7. The molecule has 0 saturated heterocycles. The maximum Gasteiger partial charge on any atom is 0.227 e. The minimum atomic E-state index is -0.0351. The third-order valence-electron chi connectivity index (χ3n) is 5.88. The molecule has 3 rings (SSSR count). The second-order valence-corrected chi connectivity index (χ2v) is 7.85. The number of methoxy groups -OCH3 is 1. The zero-order valence-corrected chi connectivity index (χ0v) is 16.1. The highest BCUT2D eigenvalue weighted by molar-refractivity contribution is 5.96. The van der Waals surface area contributed by atoms with Gasteiger partial charge in [-0.25, -0.2) is 0 Å². The molecule has 6 nitrogen and oxygen atoms in total. The molecule has 148 valence electrons. The van der Waals surface area contributed by atoms with Crippen molar-refractivity contribution in [1.82, 2.24) is 0 Å². The molecule has 2 aliphatic rings. The lowest BCUT2D eigenvalue weighted by atomic mass is 9.88. The Labute approximate surface area is 161 Å². The highest BCUT2D eigenvalue weighted by atomic mass is 16.5. The second-order valence-electron chi connectivity index (χ2n) is 7.85. The van der Waals surface area contributed by atoms with Gasteiger partial charge < -0.3 is 21.1 Å². The van der Waals surface area contributed by atoms with E-state index in [4.69, 9.17) is 10.5 Å². The van der Waals surface area contributed by atoms with Crippen LogP contribution in [0.3, 0.4) is 0 Å². The molecule has 2 atom stereocenters. The summed E-state index contributed by atoms with van der Waals surface area (Å²) in [6.07, 6.45) is 8.84. The molecule has 1 aromatic carbocycles. The SMILES string of the molecule is COc1ccc(NC(=O)C[C@@H]2CCC[C@H]2N)cc1NC(=O)C1CCCCC1. The summed E-state index contributed by atoms with van der Waals surface area (Å²) in [5, 5.41) is 5.92. The lowest BCUT2D eigenvalue weighted by Crippen LogP contribution is -2.28. The third-order valence-corrected chi connectivity index (χ3v) is 5.88. The van der Waals surface area contributed by atoms with Crippen LogP contribution in [-0.4, -0.2) is 25.0 Å². The summed E-state index contributed by atoms with van der Waals surface area (Å²) in [5.41, 5.74) is 7.32. The normalized spacial score (nSPS) is 23.0. The molecule has 0 aromatic heterocycles. The molecular formula is C21H31N3O3. The van der Waals surface area contributed by atoms with Crippen molar-refractivity contribution in [2.75, 3.05) is 17.7 Å². The van der Waals surface area contributed by atoms with E-state index >= 15 is 0 Å². The summed E-state index contributed by atoms with van der Waals surface area (Å²) in [5.74, 6) is 0.912. The van der Waals surface area contributed by atoms with Crippen LogP contribution in [0.1, 0.15) is 57.8 Å². The summed E-state index contributed by atoms with van der Waals surface area (Å²) >= 11 is 0. The number of anilines is 2. The minimum Gasteiger partial charge on any atom is -0.495 e. The molecular weight excluding hydrogens is 342 g/mol. The Bertz CT molecular complexity index is 671. The van der Waals surface area contributed by atoms with E-state index in [0.717, 1.165) is 44.9 Å². The number of hydrogen-bond donors (Lipinski definition) is 3. The fraction of sp³-hybridized carbons (Fsp3) is 0.619. The molecule has 0 aliphatic heterocycles. The van der Waals surface area contributed by atoms with Gasteiger partial charge >= 0.3 is 0 Å². The van der Waals surface area contributed by atoms with Gasteiger partial charge in [0, 0.05) is 24.1 Å². The van der Waals surface area contributed by atoms with Crippen molar-refractivity contribution >= 4 is 23.2 Å². The first-order chi connectivity index (χ1) is 13.1. The van der Waals surface area contributed by atoms with E-state index in [1.165, 1.54) is 6.42 Å². The number of rotatable bonds is 6. The lowest BCUT2D eigenvalue weighted by molar-refractivity contribution is -0.120. The fourth-order valence-electron chi connectivity index (χ4n) is 4.25. The predicted octanol–water partition coefficient (Wildman–Crippen LogP) is 3.67. The van der Waals surface area contributed by atoms with Crippen LogP contribution in [-0.2, 0) is 9.59 Å². The van der Waals surface area contributed by atoms with E-state index in [9.17, 15) is 9.59 Å². The van der Waals surface area contributed by atoms with Crippen molar-refractivity contribution in [2.45, 2.75) is 63.8 Å². The van der Waals surface area contributed by atoms with Gasteiger partial charge in [0.15, 0.2) is 0 Å². The molecule has 4 N–H and O–H groups in total. The highest BCUT2D eigenvalue weighted by Crippen LogP contribution is 2.31. The van der Waals surface area contributed by atoms with Crippen LogP contribution in [0.15, 0.2) is 18.2 Å². The zero-order chi connectivity index (χ0) is 19.2. The molecule has 6 heteroatoms. The standard InChI is InChI=1S/C21H31N3O3/c1-27-19-11-10-16(23-20(25)12-15-8-5-9-17(15)22)13-18(19)24-21(26)14-6-3-2-4-7-14/h10-11,13-15,17H,2-9,12,22H2,1H3,(H,23,25)(H,24,26)/t15-,17+/m0/s1. The predicted molar refractivity (Wildman–Crippen MR) is 107 cm³/mol. The summed E-state index contributed by atoms with van der Waals surface area (Å²) in [6, 6.07) is 5.46. The number of carbonyl (C=O) groups is 2. The van der Waals surface area contributed by atoms with Crippen molar-refractivity contribution in [1.29, 1.82) is 0 Å². The average molecular weight is 373 g/mol. The number of benzene rings is 1. The number of carbonyl (C=O) groups excluding carboxylic acids is 2. The molecule has 2 saturated carbocycles. The summed E-state index contributed by atoms with van der Waals surface area (Å²) in [6.45, 7) is 0. The lowest BCUT2D eigenvalue weighted by Gasteiger charge is -2.21. The Balaban J connectivity index is 1.63. The molecule has 2 amide bonds. The maximum atomic E-state index is 12.6. The van der Waals surface area contributed by atoms with Gasteiger partial charge in [-0.05, 0) is 49.8 Å². The number of amides is 2. The topological polar surface area (TPSA) is 93.4 Å². The van der Waals surface area contributed by atoms with Gasteiger partial charge in [-0.2, -0.15) is 0 Å². The van der Waals surface area contributed by atoms with Gasteiger partial charge in [0.25, 0.3) is 0 Å². The Hall–Kier alpha value is -2.08. The van der Waals surface area contributed by atoms with Crippen molar-refractivity contribution in [3.8, 4) is 5.75 Å². The summed E-state index contributed by atoms with van der Waals surface area (Å²) in [7, 11) is 1.57. The van der Waals surface area contributed by atoms with Crippen LogP contribution in [0.5, 0.6) is 5.75 Å². The van der Waals surface area contributed by atoms with Crippen LogP contribution >= 0.6 is 0 Å². The summed E-state index contributed by atoms with van der Waals surface area (Å²) < 4.78 is 5.37. The van der Waals surface area contributed by atoms with Crippen molar-refractivity contribution in [2.24, 2.45) is 17.6 Å². The van der Waals surface area contributed by atoms with E-state index in [0.29, 0.717) is 23.5 Å². The maximum absolute atomic E-state index is 12.6. The molecule has 27 heavy (non-hydrogen) atoms. The van der Waals surface area contributed by atoms with Crippen molar-refractivity contribution in [3.05, 3.63) is 18.2 Å². The second kappa shape index (κ2) is 9.22. The van der Waals surface area contributed by atoms with E-state index < -0.39 is 0 Å². The number of nitrogens with two attached hydrogens (primary N) is 1. The molecule has 0 radical (unpaired) electrons. The Morgan fingerprint density at radius 2 is 1.85 bits per heavy atom. The van der Waals surface area contributed by atoms with E-state index in [2.05, 4.69) is 10.6 Å². The molecule has 0 heterocycles. The molecule has 0 spiro atoms. The minimum absolute atomic E-state index is 0.0351. The van der Waals surface area contributed by atoms with Gasteiger partial charge in [0.2, 0.25) is 11.8 Å². The fourth-order valence-corrected chi connectivity index (χ4v) is 4.25. The van der Waals surface area contributed by atoms with Crippen molar-refractivity contribution in [3.63, 3.8) is 0 Å². The van der Waals surface area contributed by atoms with Gasteiger partial charge in [0.1, 0.15) is 5.75 Å². The van der Waals surface area contributed by atoms with E-state index in [1.807, 2.05) is 0 Å². The van der Waals surface area contributed by atoms with Crippen LogP contribution in [0.2, 0.25) is 0 Å². The zero-order valence-electron chi connectivity index (χ0n) is 16.1. The molecule has 2 aliphatic carbocycles. The average Bonchev–Trinajstić information content (AvgIpc) is 3.07. The Morgan fingerprint density at radius 3 is 2.52 bits per heavy atom. The van der Waals surface area contributed by atoms with Crippen LogP contribution in [0, 0.1) is 11.8 Å². The first-order valence-corrected chi connectivity index (χ1v) is 10.1. The van der Waals surface area contributed by atoms with Gasteiger partial charge in [-0.15, -0.1) is 0 Å². The molecule has 2 fully saturated rings. The number of hydrogen-bond acceptors (Lipinski definition) is 4. The third kappa shape index (κ3) is 5.22. The molecule has 1 aromatic rings. The molecule has 0 bridgehead atoms. The molecule has 0 unspecified atom stereocenters. The van der Waals surface area contributed by atoms with Crippen LogP contribution in [0.4, 0.5) is 11.4 Å². The monoisotopic (exact) mass is 373 g/mol. The van der Waals surface area contributed by atoms with E-state index in [1.54, 1.807) is 25.3 Å². The highest BCUT2D eigenvalue weighted by Gasteiger charge is 2.26. The quantitative estimate of drug-likeness (QED) is 0.709.